The number of hydrogen-bond acceptors (Lipinski definition) is 7. The molecular weight excluding hydrogens is 642 g/mol. The first-order chi connectivity index (χ1) is 24.6. The summed E-state index contributed by atoms with van der Waals surface area (Å²) in [6.07, 6.45) is 37.4. The van der Waals surface area contributed by atoms with Gasteiger partial charge >= 0.3 is 11.9 Å². The first-order valence-electron chi connectivity index (χ1n) is 20.5. The summed E-state index contributed by atoms with van der Waals surface area (Å²) in [6.45, 7) is 4.51. The number of likely N-dealkylation sites (N-methyl/N-ethyl adjacent to an activating group) is 1. The lowest BCUT2D eigenvalue weighted by atomic mass is 10.1. The summed E-state index contributed by atoms with van der Waals surface area (Å²) in [5, 5.41) is 11.6. The molecule has 0 bridgehead atoms. The van der Waals surface area contributed by atoms with E-state index in [1.807, 2.05) is 0 Å². The maximum absolute atomic E-state index is 12.6. The van der Waals surface area contributed by atoms with Crippen LogP contribution < -0.4 is 5.11 Å². The Hall–Kier alpha value is -2.45. The van der Waals surface area contributed by atoms with Crippen LogP contribution in [0, 0.1) is 0 Å². The number of allylic oxidation sites excluding steroid dienone is 6. The Morgan fingerprint density at radius 1 is 0.608 bits per heavy atom. The minimum Gasteiger partial charge on any atom is -0.544 e. The van der Waals surface area contributed by atoms with E-state index in [0.717, 1.165) is 70.6 Å². The second-order valence-corrected chi connectivity index (χ2v) is 14.8. The van der Waals surface area contributed by atoms with Crippen LogP contribution in [0.5, 0.6) is 0 Å². The highest BCUT2D eigenvalue weighted by atomic mass is 16.6. The molecule has 0 aliphatic rings. The van der Waals surface area contributed by atoms with Crippen molar-refractivity contribution in [3.05, 3.63) is 36.5 Å². The molecule has 296 valence electrons. The molecule has 0 aromatic heterocycles. The smallest absolute Gasteiger partial charge is 0.306 e. The third kappa shape index (κ3) is 33.2. The predicted octanol–water partition coefficient (Wildman–Crippen LogP) is 9.35. The summed E-state index contributed by atoms with van der Waals surface area (Å²) < 4.78 is 17.1. The number of aliphatic carboxylic acids is 1. The van der Waals surface area contributed by atoms with Crippen LogP contribution in [0.25, 0.3) is 0 Å². The summed E-state index contributed by atoms with van der Waals surface area (Å²) in [6, 6.07) is -0.727. The topological polar surface area (TPSA) is 102 Å². The molecule has 0 aromatic carbocycles. The number of hydrogen-bond donors (Lipinski definition) is 0. The summed E-state index contributed by atoms with van der Waals surface area (Å²) in [5.41, 5.74) is 0. The molecule has 2 unspecified atom stereocenters. The minimum absolute atomic E-state index is 0.0342. The number of ether oxygens (including phenoxy) is 3. The van der Waals surface area contributed by atoms with Crippen LogP contribution >= 0.6 is 0 Å². The van der Waals surface area contributed by atoms with Gasteiger partial charge in [-0.05, 0) is 64.2 Å². The minimum atomic E-state index is -1.13. The van der Waals surface area contributed by atoms with Crippen molar-refractivity contribution in [2.75, 3.05) is 41.0 Å². The summed E-state index contributed by atoms with van der Waals surface area (Å²) in [7, 11) is 5.39. The second-order valence-electron chi connectivity index (χ2n) is 14.8. The van der Waals surface area contributed by atoms with Gasteiger partial charge in [0, 0.05) is 19.3 Å². The largest absolute Gasteiger partial charge is 0.544 e. The molecule has 0 aliphatic carbocycles. The van der Waals surface area contributed by atoms with Crippen LogP contribution in [-0.4, -0.2) is 75.5 Å². The van der Waals surface area contributed by atoms with E-state index in [9.17, 15) is 19.5 Å². The van der Waals surface area contributed by atoms with Gasteiger partial charge in [0.1, 0.15) is 12.6 Å². The molecule has 0 fully saturated rings. The predicted molar refractivity (Wildman–Crippen MR) is 208 cm³/mol. The molecule has 8 heteroatoms. The average molecular weight is 720 g/mol. The van der Waals surface area contributed by atoms with Crippen LogP contribution in [0.15, 0.2) is 36.5 Å². The van der Waals surface area contributed by atoms with Crippen LogP contribution in [0.1, 0.15) is 168 Å². The van der Waals surface area contributed by atoms with Crippen LogP contribution in [-0.2, 0) is 28.6 Å². The first kappa shape index (κ1) is 48.5. The van der Waals surface area contributed by atoms with E-state index in [4.69, 9.17) is 14.2 Å². The van der Waals surface area contributed by atoms with E-state index in [1.165, 1.54) is 64.2 Å². The van der Waals surface area contributed by atoms with Gasteiger partial charge in [0.25, 0.3) is 0 Å². The maximum Gasteiger partial charge on any atom is 0.306 e. The molecule has 0 aliphatic heterocycles. The summed E-state index contributed by atoms with van der Waals surface area (Å²) in [5.74, 6) is -1.76. The van der Waals surface area contributed by atoms with E-state index in [0.29, 0.717) is 12.8 Å². The number of carbonyl (C=O) groups is 3. The van der Waals surface area contributed by atoms with Crippen molar-refractivity contribution in [1.82, 2.24) is 0 Å². The lowest BCUT2D eigenvalue weighted by Gasteiger charge is -2.34. The van der Waals surface area contributed by atoms with Crippen molar-refractivity contribution in [2.45, 2.75) is 180 Å². The Labute approximate surface area is 313 Å². The summed E-state index contributed by atoms with van der Waals surface area (Å²) >= 11 is 0. The fourth-order valence-corrected chi connectivity index (χ4v) is 5.81. The van der Waals surface area contributed by atoms with E-state index < -0.39 is 18.1 Å². The molecule has 0 rings (SSSR count). The number of carboxylic acids is 1. The molecule has 0 amide bonds. The SMILES string of the molecule is CC/C=C/C/C=C/CCCCCCCC(=O)OC(COCCC(C(=O)[O-])[N+](C)(C)C)COC(=O)CCCCCCCCC/C=C/CCCCCC. The lowest BCUT2D eigenvalue weighted by molar-refractivity contribution is -0.889. The number of rotatable bonds is 36. The van der Waals surface area contributed by atoms with Crippen molar-refractivity contribution in [2.24, 2.45) is 0 Å². The highest BCUT2D eigenvalue weighted by molar-refractivity contribution is 5.70. The molecule has 0 saturated carbocycles. The average Bonchev–Trinajstić information content (AvgIpc) is 3.08. The van der Waals surface area contributed by atoms with Gasteiger partial charge in [-0.15, -0.1) is 0 Å². The van der Waals surface area contributed by atoms with Gasteiger partial charge < -0.3 is 28.6 Å². The van der Waals surface area contributed by atoms with Crippen LogP contribution in [0.3, 0.4) is 0 Å². The first-order valence-corrected chi connectivity index (χ1v) is 20.5. The van der Waals surface area contributed by atoms with Gasteiger partial charge in [0.2, 0.25) is 0 Å². The number of nitrogens with zero attached hydrogens (tertiary/aromatic N) is 1. The third-order valence-electron chi connectivity index (χ3n) is 9.01. The normalized spacial score (nSPS) is 13.4. The van der Waals surface area contributed by atoms with Crippen molar-refractivity contribution in [3.8, 4) is 0 Å². The van der Waals surface area contributed by atoms with Crippen LogP contribution in [0.2, 0.25) is 0 Å². The van der Waals surface area contributed by atoms with Gasteiger partial charge in [-0.2, -0.15) is 0 Å². The molecule has 51 heavy (non-hydrogen) atoms. The molecular formula is C43H77NO7. The molecule has 8 nitrogen and oxygen atoms in total. The zero-order chi connectivity index (χ0) is 37.8. The van der Waals surface area contributed by atoms with Crippen molar-refractivity contribution >= 4 is 17.9 Å². The maximum atomic E-state index is 12.6. The van der Waals surface area contributed by atoms with E-state index in [1.54, 1.807) is 21.1 Å². The standard InChI is InChI=1S/C43H77NO7/c1-6-8-10-12-14-16-18-20-21-22-24-25-27-29-31-33-41(45)50-38-39(37-49-36-35-40(43(47)48)44(3,4)5)51-42(46)34-32-30-28-26-23-19-17-15-13-11-9-7-2/h9,11,15-18,39-40H,6-8,10,12-14,19-38H2,1-5H3/b11-9+,17-15+,18-16+. The van der Waals surface area contributed by atoms with Crippen molar-refractivity contribution in [1.29, 1.82) is 0 Å². The lowest BCUT2D eigenvalue weighted by Crippen LogP contribution is -2.55. The molecule has 2 atom stereocenters. The number of esters is 2. The zero-order valence-electron chi connectivity index (χ0n) is 33.5. The quantitative estimate of drug-likeness (QED) is 0.0275. The molecule has 0 aromatic rings. The van der Waals surface area contributed by atoms with Gasteiger partial charge in [-0.1, -0.05) is 121 Å². The molecule has 0 saturated heterocycles. The molecule has 0 radical (unpaired) electrons. The monoisotopic (exact) mass is 720 g/mol. The second kappa shape index (κ2) is 34.6. The molecule has 0 heterocycles. The fourth-order valence-electron chi connectivity index (χ4n) is 5.81. The molecule has 0 N–H and O–H groups in total. The van der Waals surface area contributed by atoms with Gasteiger partial charge in [0.15, 0.2) is 6.10 Å². The Bertz CT molecular complexity index is 937. The zero-order valence-corrected chi connectivity index (χ0v) is 33.5. The van der Waals surface area contributed by atoms with Crippen molar-refractivity contribution < 1.29 is 38.2 Å². The van der Waals surface area contributed by atoms with Gasteiger partial charge in [0.05, 0.1) is 40.3 Å². The van der Waals surface area contributed by atoms with E-state index >= 15 is 0 Å². The Balaban J connectivity index is 4.39. The number of carbonyl (C=O) groups excluding carboxylic acids is 3. The van der Waals surface area contributed by atoms with Gasteiger partial charge in [-0.25, -0.2) is 0 Å². The number of quaternary nitrogens is 1. The highest BCUT2D eigenvalue weighted by Crippen LogP contribution is 2.13. The Kier molecular flexibility index (Phi) is 33.0. The van der Waals surface area contributed by atoms with Crippen molar-refractivity contribution in [3.63, 3.8) is 0 Å². The van der Waals surface area contributed by atoms with E-state index in [2.05, 4.69) is 50.3 Å². The third-order valence-corrected chi connectivity index (χ3v) is 9.01. The Morgan fingerprint density at radius 2 is 1.10 bits per heavy atom. The number of unbranched alkanes of at least 4 members (excludes halogenated alkanes) is 16. The Morgan fingerprint density at radius 3 is 1.63 bits per heavy atom. The highest BCUT2D eigenvalue weighted by Gasteiger charge is 2.25. The van der Waals surface area contributed by atoms with E-state index in [-0.39, 0.29) is 42.7 Å². The fraction of sp³-hybridized carbons (Fsp3) is 0.791. The molecule has 0 spiro atoms. The number of carboxylic acid groups (broad SMARTS) is 1. The van der Waals surface area contributed by atoms with Crippen LogP contribution in [0.4, 0.5) is 0 Å². The summed E-state index contributed by atoms with van der Waals surface area (Å²) in [4.78, 5) is 36.7. The van der Waals surface area contributed by atoms with Gasteiger partial charge in [-0.3, -0.25) is 9.59 Å².